The van der Waals surface area contributed by atoms with E-state index in [1.54, 1.807) is 0 Å². The Bertz CT molecular complexity index is 7420. The van der Waals surface area contributed by atoms with Gasteiger partial charge in [0, 0.05) is 88.5 Å². The number of benzene rings is 18. The van der Waals surface area contributed by atoms with E-state index in [9.17, 15) is 0 Å². The third-order valence-electron chi connectivity index (χ3n) is 26.4. The van der Waals surface area contributed by atoms with Crippen LogP contribution in [0.3, 0.4) is 0 Å². The van der Waals surface area contributed by atoms with Crippen molar-refractivity contribution in [3.8, 4) is 45.0 Å². The van der Waals surface area contributed by atoms with Gasteiger partial charge in [-0.25, -0.2) is 0 Å². The Morgan fingerprint density at radius 1 is 0.231 bits per heavy atom. The van der Waals surface area contributed by atoms with Crippen LogP contribution in [-0.4, -0.2) is 31.7 Å². The van der Waals surface area contributed by atoms with Gasteiger partial charge >= 0.3 is 0 Å². The molecule has 18 aromatic carbocycles. The van der Waals surface area contributed by atoms with Gasteiger partial charge in [-0.1, -0.05) is 307 Å². The van der Waals surface area contributed by atoms with Crippen LogP contribution < -0.4 is 37.7 Å². The predicted octanol–water partition coefficient (Wildman–Crippen LogP) is 23.0. The normalized spacial score (nSPS) is 15.2. The molecule has 8 heteroatoms. The maximum atomic E-state index is 2.63. The van der Waals surface area contributed by atoms with Crippen molar-refractivity contribution in [2.24, 2.45) is 0 Å². The minimum absolute atomic E-state index is 0.0363. The zero-order valence-corrected chi connectivity index (χ0v) is 64.5. The Morgan fingerprint density at radius 2 is 0.581 bits per heavy atom. The van der Waals surface area contributed by atoms with Crippen LogP contribution in [0.25, 0.3) is 132 Å². The first-order valence-corrected chi connectivity index (χ1v) is 42.1. The van der Waals surface area contributed by atoms with Crippen LogP contribution in [0.15, 0.2) is 427 Å². The summed E-state index contributed by atoms with van der Waals surface area (Å²) in [7, 11) is -1.19. The summed E-state index contributed by atoms with van der Waals surface area (Å²) in [6.07, 6.45) is 0. The molecule has 4 aromatic heterocycles. The number of rotatable bonds is 8. The standard InChI is InChI=1S/C109H69B2N5S/c1-5-29-69(30-6-1)110-91-43-19-27-51-103(91)116(71-33-9-3-10-34-71)107-93(110)61-59-89-105(107)85-67-72(114-99-49-25-17-41-81(99)83-65-74(55-63-101(83)114)112-95-45-21-13-37-77(95)78-38-14-22-46-96(78)112)53-57-87(85)109(89)88-58-54-73(115-100-50-26-18-42-82(100)84-66-75(56-64-102(84)115)113-97-47-23-15-39-79(97)80-40-16-24-48-98(80)113)68-86(88)106-90(109)60-62-94-108(106)117(76-35-11-4-12-36-76)104-52-28-20-44-92(104)111(94)70-31-7-2-8-32-70/h1-68,117H. The summed E-state index contributed by atoms with van der Waals surface area (Å²) in [4.78, 5) is 6.79. The van der Waals surface area contributed by atoms with E-state index >= 15 is 0 Å². The molecule has 1 spiro atoms. The summed E-state index contributed by atoms with van der Waals surface area (Å²) < 4.78 is 10.0. The summed E-state index contributed by atoms with van der Waals surface area (Å²) in [6.45, 7) is -0.121. The molecule has 26 rings (SSSR count). The summed E-state index contributed by atoms with van der Waals surface area (Å²) in [5.41, 5.74) is 34.6. The van der Waals surface area contributed by atoms with Gasteiger partial charge in [0.1, 0.15) is 0 Å². The zero-order chi connectivity index (χ0) is 76.3. The van der Waals surface area contributed by atoms with Gasteiger partial charge < -0.3 is 23.2 Å². The first-order chi connectivity index (χ1) is 58.1. The molecule has 6 heterocycles. The van der Waals surface area contributed by atoms with Crippen molar-refractivity contribution in [3.05, 3.63) is 435 Å². The van der Waals surface area contributed by atoms with Crippen molar-refractivity contribution in [2.45, 2.75) is 20.1 Å². The second-order valence-electron chi connectivity index (χ2n) is 32.1. The highest BCUT2D eigenvalue weighted by Gasteiger charge is 2.56. The van der Waals surface area contributed by atoms with Crippen molar-refractivity contribution in [3.63, 3.8) is 0 Å². The predicted molar refractivity (Wildman–Crippen MR) is 494 cm³/mol. The molecular weight excluding hydrogens is 1430 g/mol. The highest BCUT2D eigenvalue weighted by molar-refractivity contribution is 8.17. The van der Waals surface area contributed by atoms with Crippen molar-refractivity contribution in [2.75, 3.05) is 4.90 Å². The molecule has 0 fully saturated rings. The third kappa shape index (κ3) is 8.91. The van der Waals surface area contributed by atoms with Gasteiger partial charge in [0.25, 0.3) is 0 Å². The number of aromatic nitrogens is 4. The third-order valence-corrected chi connectivity index (χ3v) is 29.1. The highest BCUT2D eigenvalue weighted by Crippen LogP contribution is 2.69. The Hall–Kier alpha value is -14.6. The fraction of sp³-hybridized carbons (Fsp3) is 0.00917. The molecule has 22 aromatic rings. The number of fused-ring (bicyclic) bond motifs is 28. The minimum Gasteiger partial charge on any atom is -0.311 e. The van der Waals surface area contributed by atoms with Crippen molar-refractivity contribution in [1.82, 2.24) is 18.3 Å². The van der Waals surface area contributed by atoms with Gasteiger partial charge in [-0.05, 0) is 192 Å². The van der Waals surface area contributed by atoms with E-state index in [0.717, 1.165) is 50.5 Å². The van der Waals surface area contributed by atoms with Crippen LogP contribution in [0.2, 0.25) is 0 Å². The minimum atomic E-state index is -1.19. The number of hydrogen-bond acceptors (Lipinski definition) is 1. The summed E-state index contributed by atoms with van der Waals surface area (Å²) in [5, 5.41) is 9.83. The van der Waals surface area contributed by atoms with Crippen molar-refractivity contribution in [1.29, 1.82) is 0 Å². The highest BCUT2D eigenvalue weighted by atomic mass is 32.2. The lowest BCUT2D eigenvalue weighted by Crippen LogP contribution is -2.57. The maximum absolute atomic E-state index is 2.63. The number of para-hydroxylation sites is 8. The molecule has 117 heavy (non-hydrogen) atoms. The van der Waals surface area contributed by atoms with E-state index in [4.69, 9.17) is 0 Å². The largest absolute Gasteiger partial charge is 0.311 e. The lowest BCUT2D eigenvalue weighted by atomic mass is 9.35. The van der Waals surface area contributed by atoms with Gasteiger partial charge in [0.15, 0.2) is 0 Å². The van der Waals surface area contributed by atoms with Gasteiger partial charge in [-0.3, -0.25) is 0 Å². The average Bonchev–Trinajstić information content (AvgIpc) is 1.49. The Labute approximate surface area is 679 Å². The molecule has 0 saturated carbocycles. The summed E-state index contributed by atoms with van der Waals surface area (Å²) in [6, 6.07) is 158. The molecule has 0 amide bonds. The van der Waals surface area contributed by atoms with Crippen LogP contribution >= 0.6 is 10.9 Å². The number of thiol groups is 1. The summed E-state index contributed by atoms with van der Waals surface area (Å²) >= 11 is 0. The molecule has 2 unspecified atom stereocenters. The van der Waals surface area contributed by atoms with Crippen molar-refractivity contribution < 1.29 is 0 Å². The second-order valence-corrected chi connectivity index (χ2v) is 34.2. The van der Waals surface area contributed by atoms with Gasteiger partial charge in [-0.15, -0.1) is 0 Å². The SMILES string of the molecule is c1ccc(B2c3ccccc3N(c3ccccc3)c3c2ccc2c3-c3cc(-n4c5ccccc5c5cc(-n6c7ccccc7c7ccccc76)ccc54)ccc3C23c2ccc(-n4c5ccccc5c5cc(-n6c7ccccc7c7ccccc76)ccc54)cc2-c2c3ccc3c2[SH](c2ccccc2)c2ccccc2B3c2ccccc2)cc1. The van der Waals surface area contributed by atoms with Crippen LogP contribution in [0.4, 0.5) is 17.1 Å². The number of anilines is 3. The quantitative estimate of drug-likeness (QED) is 0.119. The zero-order valence-electron chi connectivity index (χ0n) is 63.6. The smallest absolute Gasteiger partial charge is 0.246 e. The molecular formula is C109H69B2N5S. The van der Waals surface area contributed by atoms with Gasteiger partial charge in [-0.2, -0.15) is 10.9 Å². The van der Waals surface area contributed by atoms with E-state index in [0.29, 0.717) is 0 Å². The molecule has 4 aliphatic rings. The Kier molecular flexibility index (Phi) is 13.7. The molecule has 542 valence electrons. The molecule has 0 saturated heterocycles. The number of hydrogen-bond donors (Lipinski definition) is 1. The molecule has 0 N–H and O–H groups in total. The van der Waals surface area contributed by atoms with Gasteiger partial charge in [0.2, 0.25) is 13.4 Å². The topological polar surface area (TPSA) is 23.0 Å². The molecule has 2 atom stereocenters. The molecule has 2 aliphatic heterocycles. The van der Waals surface area contributed by atoms with Crippen LogP contribution in [0, 0.1) is 0 Å². The lowest BCUT2D eigenvalue weighted by Gasteiger charge is -2.39. The first kappa shape index (κ1) is 64.9. The Morgan fingerprint density at radius 3 is 1.08 bits per heavy atom. The monoisotopic (exact) mass is 1500 g/mol. The number of nitrogens with zero attached hydrogens (tertiary/aromatic N) is 5. The first-order valence-electron chi connectivity index (χ1n) is 40.8. The molecule has 2 aliphatic carbocycles. The lowest BCUT2D eigenvalue weighted by molar-refractivity contribution is 0.792. The van der Waals surface area contributed by atoms with Crippen LogP contribution in [-0.2, 0) is 5.41 Å². The van der Waals surface area contributed by atoms with E-state index < -0.39 is 16.3 Å². The second kappa shape index (κ2) is 24.7. The summed E-state index contributed by atoms with van der Waals surface area (Å²) in [5.74, 6) is 0. The molecule has 0 bridgehead atoms. The van der Waals surface area contributed by atoms with Crippen LogP contribution in [0.1, 0.15) is 22.3 Å². The van der Waals surface area contributed by atoms with Crippen molar-refractivity contribution >= 4 is 161 Å². The average molecular weight is 1500 g/mol. The van der Waals surface area contributed by atoms with E-state index in [2.05, 4.69) is 436 Å². The molecule has 0 radical (unpaired) electrons. The Balaban J connectivity index is 0.786. The van der Waals surface area contributed by atoms with E-state index in [-0.39, 0.29) is 13.4 Å². The van der Waals surface area contributed by atoms with Crippen LogP contribution in [0.5, 0.6) is 0 Å². The molecule has 5 nitrogen and oxygen atoms in total. The van der Waals surface area contributed by atoms with Gasteiger partial charge in [0.05, 0.1) is 49.5 Å². The fourth-order valence-corrected chi connectivity index (χ4v) is 24.8. The fourth-order valence-electron chi connectivity index (χ4n) is 21.9. The van der Waals surface area contributed by atoms with E-state index in [1.807, 2.05) is 0 Å². The maximum Gasteiger partial charge on any atom is 0.246 e. The van der Waals surface area contributed by atoms with E-state index in [1.165, 1.54) is 169 Å².